The molecule has 2 atom stereocenters. The number of fused-ring (bicyclic) bond motifs is 3. The first-order valence-electron chi connectivity index (χ1n) is 10.7. The Morgan fingerprint density at radius 1 is 1.06 bits per heavy atom. The van der Waals surface area contributed by atoms with Crippen LogP contribution in [0, 0.1) is 10.1 Å². The molecular formula is C25H19N5O4. The maximum absolute atomic E-state index is 11.5. The standard InChI is InChI=1S/C25H19N5O4/c1-33-18-11-9-15(10-12-18)23-21-22(28-25-26-14-27-29(23)25)19-7-2-3-8-20(19)34-24(21)16-5-4-6-17(13-16)30(31)32/h2-14,23-24H,1H3,(H,26,27,28)/t23-,24-/m0/s1. The molecule has 0 fully saturated rings. The van der Waals surface area contributed by atoms with Crippen molar-refractivity contribution in [3.8, 4) is 11.5 Å². The molecular weight excluding hydrogens is 434 g/mol. The monoisotopic (exact) mass is 453 g/mol. The lowest BCUT2D eigenvalue weighted by molar-refractivity contribution is -0.385. The van der Waals surface area contributed by atoms with Crippen molar-refractivity contribution in [3.63, 3.8) is 0 Å². The Bertz CT molecular complexity index is 1440. The predicted molar refractivity (Wildman–Crippen MR) is 125 cm³/mol. The summed E-state index contributed by atoms with van der Waals surface area (Å²) in [6.45, 7) is 0. The minimum absolute atomic E-state index is 0.00770. The van der Waals surface area contributed by atoms with Gasteiger partial charge in [0.25, 0.3) is 5.69 Å². The van der Waals surface area contributed by atoms with E-state index < -0.39 is 11.0 Å². The molecule has 4 aromatic rings. The zero-order chi connectivity index (χ0) is 23.2. The predicted octanol–water partition coefficient (Wildman–Crippen LogP) is 4.75. The smallest absolute Gasteiger partial charge is 0.269 e. The number of nitro groups is 1. The van der Waals surface area contributed by atoms with Crippen molar-refractivity contribution >= 4 is 17.3 Å². The van der Waals surface area contributed by atoms with Crippen LogP contribution < -0.4 is 14.8 Å². The Labute approximate surface area is 194 Å². The number of rotatable bonds is 4. The van der Waals surface area contributed by atoms with Gasteiger partial charge in [0.05, 0.1) is 17.7 Å². The zero-order valence-electron chi connectivity index (χ0n) is 18.1. The molecule has 3 heterocycles. The fraction of sp³-hybridized carbons (Fsp3) is 0.120. The van der Waals surface area contributed by atoms with E-state index in [1.807, 2.05) is 59.3 Å². The summed E-state index contributed by atoms with van der Waals surface area (Å²) in [5.41, 5.74) is 4.29. The molecule has 0 spiro atoms. The number of hydrogen-bond donors (Lipinski definition) is 1. The van der Waals surface area contributed by atoms with Gasteiger partial charge in [-0.2, -0.15) is 10.1 Å². The van der Waals surface area contributed by atoms with Crippen molar-refractivity contribution < 1.29 is 14.4 Å². The molecule has 0 aliphatic carbocycles. The van der Waals surface area contributed by atoms with Crippen LogP contribution in [-0.4, -0.2) is 26.8 Å². The van der Waals surface area contributed by atoms with Gasteiger partial charge in [0.15, 0.2) is 0 Å². The highest BCUT2D eigenvalue weighted by molar-refractivity contribution is 5.85. The third-order valence-electron chi connectivity index (χ3n) is 6.14. The average Bonchev–Trinajstić information content (AvgIpc) is 3.35. The molecule has 34 heavy (non-hydrogen) atoms. The number of benzene rings is 3. The van der Waals surface area contributed by atoms with Crippen molar-refractivity contribution in [2.45, 2.75) is 12.1 Å². The van der Waals surface area contributed by atoms with Gasteiger partial charge in [0, 0.05) is 28.8 Å². The second-order valence-corrected chi connectivity index (χ2v) is 8.01. The van der Waals surface area contributed by atoms with Gasteiger partial charge in [-0.3, -0.25) is 10.1 Å². The fourth-order valence-corrected chi connectivity index (χ4v) is 4.60. The molecule has 168 valence electrons. The first-order chi connectivity index (χ1) is 16.6. The molecule has 0 unspecified atom stereocenters. The number of hydrogen-bond acceptors (Lipinski definition) is 7. The van der Waals surface area contributed by atoms with Gasteiger partial charge < -0.3 is 14.8 Å². The van der Waals surface area contributed by atoms with E-state index in [0.717, 1.165) is 28.1 Å². The minimum atomic E-state index is -0.582. The van der Waals surface area contributed by atoms with Gasteiger partial charge >= 0.3 is 0 Å². The highest BCUT2D eigenvalue weighted by Crippen LogP contribution is 2.50. The molecule has 1 N–H and O–H groups in total. The van der Waals surface area contributed by atoms with E-state index in [2.05, 4.69) is 15.4 Å². The Morgan fingerprint density at radius 2 is 1.88 bits per heavy atom. The molecule has 0 amide bonds. The maximum atomic E-state index is 11.5. The summed E-state index contributed by atoms with van der Waals surface area (Å²) in [5, 5.41) is 19.4. The summed E-state index contributed by atoms with van der Waals surface area (Å²) in [7, 11) is 1.62. The minimum Gasteiger partial charge on any atom is -0.497 e. The van der Waals surface area contributed by atoms with Crippen molar-refractivity contribution in [2.75, 3.05) is 12.4 Å². The van der Waals surface area contributed by atoms with Crippen LogP contribution in [-0.2, 0) is 0 Å². The largest absolute Gasteiger partial charge is 0.497 e. The third kappa shape index (κ3) is 3.09. The highest BCUT2D eigenvalue weighted by atomic mass is 16.6. The van der Waals surface area contributed by atoms with Crippen LogP contribution in [0.5, 0.6) is 11.5 Å². The van der Waals surface area contributed by atoms with Crippen LogP contribution in [0.15, 0.2) is 84.7 Å². The quantitative estimate of drug-likeness (QED) is 0.351. The van der Waals surface area contributed by atoms with E-state index in [-0.39, 0.29) is 11.7 Å². The first-order valence-corrected chi connectivity index (χ1v) is 10.7. The molecule has 2 aliphatic heterocycles. The van der Waals surface area contributed by atoms with Gasteiger partial charge in [-0.25, -0.2) is 4.68 Å². The molecule has 6 rings (SSSR count). The van der Waals surface area contributed by atoms with E-state index in [1.54, 1.807) is 19.2 Å². The first kappa shape index (κ1) is 20.0. The fourth-order valence-electron chi connectivity index (χ4n) is 4.60. The van der Waals surface area contributed by atoms with Crippen molar-refractivity contribution in [2.24, 2.45) is 0 Å². The van der Waals surface area contributed by atoms with Crippen LogP contribution in [0.4, 0.5) is 11.6 Å². The van der Waals surface area contributed by atoms with Gasteiger partial charge in [0.2, 0.25) is 5.95 Å². The Kier molecular flexibility index (Phi) is 4.54. The van der Waals surface area contributed by atoms with E-state index >= 15 is 0 Å². The summed E-state index contributed by atoms with van der Waals surface area (Å²) in [4.78, 5) is 15.5. The lowest BCUT2D eigenvalue weighted by Gasteiger charge is -2.38. The number of nitrogens with zero attached hydrogens (tertiary/aromatic N) is 4. The molecule has 0 radical (unpaired) electrons. The summed E-state index contributed by atoms with van der Waals surface area (Å²) in [6.07, 6.45) is 0.925. The molecule has 9 nitrogen and oxygen atoms in total. The molecule has 0 saturated carbocycles. The lowest BCUT2D eigenvalue weighted by atomic mass is 9.84. The summed E-state index contributed by atoms with van der Waals surface area (Å²) in [5.74, 6) is 2.03. The van der Waals surface area contributed by atoms with E-state index in [1.165, 1.54) is 12.4 Å². The van der Waals surface area contributed by atoms with Crippen molar-refractivity contribution in [1.29, 1.82) is 0 Å². The summed E-state index contributed by atoms with van der Waals surface area (Å²) >= 11 is 0. The molecule has 9 heteroatoms. The van der Waals surface area contributed by atoms with Crippen LogP contribution in [0.2, 0.25) is 0 Å². The van der Waals surface area contributed by atoms with Crippen molar-refractivity contribution in [1.82, 2.24) is 14.8 Å². The van der Waals surface area contributed by atoms with Crippen LogP contribution in [0.25, 0.3) is 5.70 Å². The Balaban J connectivity index is 1.60. The van der Waals surface area contributed by atoms with Gasteiger partial charge in [-0.15, -0.1) is 0 Å². The molecule has 0 bridgehead atoms. The Hall–Kier alpha value is -4.66. The number of methoxy groups -OCH3 is 1. The van der Waals surface area contributed by atoms with Crippen LogP contribution >= 0.6 is 0 Å². The average molecular weight is 453 g/mol. The van der Waals surface area contributed by atoms with Gasteiger partial charge in [-0.1, -0.05) is 36.4 Å². The molecule has 0 saturated heterocycles. The Morgan fingerprint density at radius 3 is 2.68 bits per heavy atom. The van der Waals surface area contributed by atoms with E-state index in [0.29, 0.717) is 17.3 Å². The van der Waals surface area contributed by atoms with Crippen LogP contribution in [0.3, 0.4) is 0 Å². The normalized spacial score (nSPS) is 18.1. The van der Waals surface area contributed by atoms with Gasteiger partial charge in [-0.05, 0) is 29.8 Å². The van der Waals surface area contributed by atoms with Crippen LogP contribution in [0.1, 0.15) is 28.8 Å². The topological polar surface area (TPSA) is 104 Å². The third-order valence-corrected chi connectivity index (χ3v) is 6.14. The number of non-ortho nitro benzene ring substituents is 1. The zero-order valence-corrected chi connectivity index (χ0v) is 18.1. The maximum Gasteiger partial charge on any atom is 0.269 e. The number of aromatic nitrogens is 3. The summed E-state index contributed by atoms with van der Waals surface area (Å²) < 4.78 is 13.7. The summed E-state index contributed by atoms with van der Waals surface area (Å²) in [6, 6.07) is 21.7. The number of nitrogens with one attached hydrogen (secondary N) is 1. The molecule has 3 aromatic carbocycles. The second kappa shape index (κ2) is 7.73. The van der Waals surface area contributed by atoms with Crippen molar-refractivity contribution in [3.05, 3.63) is 112 Å². The number of nitro benzene ring substituents is 1. The highest BCUT2D eigenvalue weighted by Gasteiger charge is 2.41. The number of ether oxygens (including phenoxy) is 2. The molecule has 1 aromatic heterocycles. The number of anilines is 1. The lowest BCUT2D eigenvalue weighted by Crippen LogP contribution is -2.32. The van der Waals surface area contributed by atoms with E-state index in [9.17, 15) is 10.1 Å². The van der Waals surface area contributed by atoms with Gasteiger partial charge in [0.1, 0.15) is 30.0 Å². The number of para-hydroxylation sites is 1. The SMILES string of the molecule is COc1ccc([C@H]2C3=C(Nc4ncnn42)c2ccccc2O[C@H]3c2cccc([N+](=O)[O-])c2)cc1. The molecule has 2 aliphatic rings. The second-order valence-electron chi connectivity index (χ2n) is 8.01. The van der Waals surface area contributed by atoms with E-state index in [4.69, 9.17) is 9.47 Å².